The van der Waals surface area contributed by atoms with E-state index in [0.29, 0.717) is 27.8 Å². The van der Waals surface area contributed by atoms with Gasteiger partial charge in [0, 0.05) is 47.1 Å². The second-order valence-corrected chi connectivity index (χ2v) is 10.5. The number of hydrogen-bond donors (Lipinski definition) is 0. The molecular weight excluding hydrogens is 561 g/mol. The summed E-state index contributed by atoms with van der Waals surface area (Å²) in [5.74, 6) is -0.399. The summed E-state index contributed by atoms with van der Waals surface area (Å²) >= 11 is 11.8. The summed E-state index contributed by atoms with van der Waals surface area (Å²) in [5.41, 5.74) is 3.03. The van der Waals surface area contributed by atoms with Gasteiger partial charge in [-0.15, -0.1) is 11.6 Å². The number of anilines is 1. The number of ketones is 1. The molecule has 5 rings (SSSR count). The van der Waals surface area contributed by atoms with Crippen LogP contribution in [0.5, 0.6) is 11.5 Å². The predicted octanol–water partition coefficient (Wildman–Crippen LogP) is 7.58. The van der Waals surface area contributed by atoms with Crippen LogP contribution in [-0.2, 0) is 14.3 Å². The fraction of sp³-hybridized carbons (Fsp3) is 0.182. The number of ether oxygens (including phenoxy) is 2. The Balaban J connectivity index is 1.24. The molecule has 2 atom stereocenters. The lowest BCUT2D eigenvalue weighted by atomic mass is 10.0. The van der Waals surface area contributed by atoms with E-state index in [2.05, 4.69) is 0 Å². The fourth-order valence-corrected chi connectivity index (χ4v) is 5.05. The lowest BCUT2D eigenvalue weighted by Gasteiger charge is -2.19. The average Bonchev–Trinajstić information content (AvgIpc) is 3.39. The quantitative estimate of drug-likeness (QED) is 0.109. The highest BCUT2D eigenvalue weighted by Gasteiger charge is 2.38. The molecule has 0 aromatic heterocycles. The van der Waals surface area contributed by atoms with E-state index < -0.39 is 18.0 Å². The van der Waals surface area contributed by atoms with E-state index in [9.17, 15) is 14.4 Å². The van der Waals surface area contributed by atoms with Crippen molar-refractivity contribution in [1.29, 1.82) is 0 Å². The third-order valence-electron chi connectivity index (χ3n) is 6.86. The van der Waals surface area contributed by atoms with Crippen LogP contribution in [0.3, 0.4) is 0 Å². The zero-order valence-corrected chi connectivity index (χ0v) is 23.6. The Hall–Kier alpha value is -4.13. The van der Waals surface area contributed by atoms with Crippen LogP contribution in [0.1, 0.15) is 23.2 Å². The van der Waals surface area contributed by atoms with Crippen molar-refractivity contribution in [3.05, 3.63) is 114 Å². The second-order valence-electron chi connectivity index (χ2n) is 9.64. The van der Waals surface area contributed by atoms with Crippen LogP contribution in [-0.4, -0.2) is 36.2 Å². The lowest BCUT2D eigenvalue weighted by Crippen LogP contribution is -2.32. The van der Waals surface area contributed by atoms with Gasteiger partial charge in [0.15, 0.2) is 6.10 Å². The largest absolute Gasteiger partial charge is 0.457 e. The molecule has 4 aromatic rings. The van der Waals surface area contributed by atoms with E-state index in [4.69, 9.17) is 32.7 Å². The summed E-state index contributed by atoms with van der Waals surface area (Å²) < 4.78 is 11.8. The maximum atomic E-state index is 13.0. The van der Waals surface area contributed by atoms with Crippen LogP contribution in [0.15, 0.2) is 103 Å². The minimum Gasteiger partial charge on any atom is -0.457 e. The van der Waals surface area contributed by atoms with E-state index in [1.165, 1.54) is 0 Å². The minimum atomic E-state index is -1.04. The molecule has 0 spiro atoms. The zero-order valence-electron chi connectivity index (χ0n) is 22.0. The van der Waals surface area contributed by atoms with Crippen molar-refractivity contribution < 1.29 is 23.9 Å². The van der Waals surface area contributed by atoms with E-state index in [0.717, 1.165) is 11.1 Å². The predicted molar refractivity (Wildman–Crippen MR) is 160 cm³/mol. The zero-order chi connectivity index (χ0) is 28.8. The molecule has 1 aliphatic rings. The number of carbonyl (C=O) groups excluding carboxylic acids is 3. The Kier molecular flexibility index (Phi) is 9.02. The van der Waals surface area contributed by atoms with Crippen LogP contribution in [0.25, 0.3) is 11.1 Å². The topological polar surface area (TPSA) is 72.9 Å². The van der Waals surface area contributed by atoms with Crippen LogP contribution >= 0.6 is 23.2 Å². The van der Waals surface area contributed by atoms with Crippen LogP contribution in [0.2, 0.25) is 5.02 Å². The van der Waals surface area contributed by atoms with Crippen molar-refractivity contribution in [3.8, 4) is 22.6 Å². The maximum absolute atomic E-state index is 13.0. The number of para-hydroxylation sites is 1. The number of esters is 1. The first-order valence-electron chi connectivity index (χ1n) is 13.2. The molecule has 1 heterocycles. The summed E-state index contributed by atoms with van der Waals surface area (Å²) in [6, 6.07) is 31.3. The Labute approximate surface area is 248 Å². The summed E-state index contributed by atoms with van der Waals surface area (Å²) in [4.78, 5) is 40.4. The van der Waals surface area contributed by atoms with E-state index in [1.807, 2.05) is 54.6 Å². The van der Waals surface area contributed by atoms with Gasteiger partial charge in [0.25, 0.3) is 0 Å². The standard InChI is InChI=1S/C33H27Cl2NO5/c34-19-18-30(32(38)23-10-12-25(35)13-11-23)41-33(39)24-20-31(37)36(21-24)26-14-16-27(17-15-26)40-29-9-5-4-8-28(29)22-6-2-1-3-7-22/h1-17,24,30H,18-21H2/t24-,30-/m1/s1. The molecule has 0 saturated carbocycles. The molecule has 0 aliphatic carbocycles. The minimum absolute atomic E-state index is 0.00966. The summed E-state index contributed by atoms with van der Waals surface area (Å²) in [5, 5.41) is 0.494. The molecular formula is C33H27Cl2NO5. The molecule has 1 fully saturated rings. The maximum Gasteiger partial charge on any atom is 0.312 e. The van der Waals surface area contributed by atoms with Gasteiger partial charge in [0.05, 0.1) is 5.92 Å². The van der Waals surface area contributed by atoms with Crippen LogP contribution in [0, 0.1) is 5.92 Å². The number of amides is 1. The van der Waals surface area contributed by atoms with Crippen molar-refractivity contribution in [2.45, 2.75) is 18.9 Å². The van der Waals surface area contributed by atoms with Gasteiger partial charge in [0.2, 0.25) is 11.7 Å². The summed E-state index contributed by atoms with van der Waals surface area (Å²) in [6.07, 6.45) is -0.890. The summed E-state index contributed by atoms with van der Waals surface area (Å²) in [7, 11) is 0. The molecule has 0 N–H and O–H groups in total. The summed E-state index contributed by atoms with van der Waals surface area (Å²) in [6.45, 7) is 0.150. The van der Waals surface area contributed by atoms with Gasteiger partial charge >= 0.3 is 5.97 Å². The van der Waals surface area contributed by atoms with Gasteiger partial charge in [-0.05, 0) is 60.2 Å². The molecule has 4 aromatic carbocycles. The van der Waals surface area contributed by atoms with Gasteiger partial charge in [-0.1, -0.05) is 60.1 Å². The number of Topliss-reactive ketones (excluding diaryl/α,β-unsaturated/α-hetero) is 1. The molecule has 0 radical (unpaired) electrons. The highest BCUT2D eigenvalue weighted by molar-refractivity contribution is 6.30. The third kappa shape index (κ3) is 6.79. The van der Waals surface area contributed by atoms with Gasteiger partial charge in [-0.25, -0.2) is 0 Å². The number of benzene rings is 4. The monoisotopic (exact) mass is 587 g/mol. The van der Waals surface area contributed by atoms with Gasteiger partial charge in [0.1, 0.15) is 11.5 Å². The van der Waals surface area contributed by atoms with Crippen molar-refractivity contribution in [1.82, 2.24) is 0 Å². The number of alkyl halides is 1. The molecule has 1 amide bonds. The third-order valence-corrected chi connectivity index (χ3v) is 7.33. The Morgan fingerprint density at radius 3 is 2.27 bits per heavy atom. The smallest absolute Gasteiger partial charge is 0.312 e. The Morgan fingerprint density at radius 2 is 1.56 bits per heavy atom. The molecule has 41 heavy (non-hydrogen) atoms. The van der Waals surface area contributed by atoms with E-state index in [1.54, 1.807) is 53.4 Å². The highest BCUT2D eigenvalue weighted by Crippen LogP contribution is 2.34. The van der Waals surface area contributed by atoms with Gasteiger partial charge in [-0.2, -0.15) is 0 Å². The molecule has 0 unspecified atom stereocenters. The normalized spacial score (nSPS) is 15.4. The van der Waals surface area contributed by atoms with E-state index in [-0.39, 0.29) is 37.0 Å². The van der Waals surface area contributed by atoms with Crippen LogP contribution in [0.4, 0.5) is 5.69 Å². The molecule has 208 valence electrons. The molecule has 1 saturated heterocycles. The van der Waals surface area contributed by atoms with Gasteiger partial charge in [-0.3, -0.25) is 14.4 Å². The van der Waals surface area contributed by atoms with Crippen molar-refractivity contribution >= 4 is 46.5 Å². The Morgan fingerprint density at radius 1 is 0.878 bits per heavy atom. The van der Waals surface area contributed by atoms with Crippen LogP contribution < -0.4 is 9.64 Å². The van der Waals surface area contributed by atoms with E-state index >= 15 is 0 Å². The molecule has 6 nitrogen and oxygen atoms in total. The Bertz CT molecular complexity index is 1520. The molecule has 0 bridgehead atoms. The average molecular weight is 588 g/mol. The first-order chi connectivity index (χ1) is 19.9. The molecule has 1 aliphatic heterocycles. The van der Waals surface area contributed by atoms with Crippen molar-refractivity contribution in [2.24, 2.45) is 5.92 Å². The first kappa shape index (κ1) is 28.4. The number of hydrogen-bond acceptors (Lipinski definition) is 5. The lowest BCUT2D eigenvalue weighted by molar-refractivity contribution is -0.151. The fourth-order valence-electron chi connectivity index (χ4n) is 4.73. The highest BCUT2D eigenvalue weighted by atomic mass is 35.5. The SMILES string of the molecule is O=C(O[C@H](CCCl)C(=O)c1ccc(Cl)cc1)[C@@H]1CC(=O)N(c2ccc(Oc3ccccc3-c3ccccc3)cc2)C1. The second kappa shape index (κ2) is 13.0. The molecule has 8 heteroatoms. The first-order valence-corrected chi connectivity index (χ1v) is 14.1. The number of halogens is 2. The van der Waals surface area contributed by atoms with Gasteiger partial charge < -0.3 is 14.4 Å². The number of carbonyl (C=O) groups is 3. The van der Waals surface area contributed by atoms with Crippen molar-refractivity contribution in [2.75, 3.05) is 17.3 Å². The number of nitrogens with zero attached hydrogens (tertiary/aromatic N) is 1. The number of rotatable bonds is 10. The van der Waals surface area contributed by atoms with Crippen molar-refractivity contribution in [3.63, 3.8) is 0 Å².